The van der Waals surface area contributed by atoms with Gasteiger partial charge in [0, 0.05) is 25.2 Å². The fourth-order valence-electron chi connectivity index (χ4n) is 3.50. The predicted octanol–water partition coefficient (Wildman–Crippen LogP) is 3.61. The maximum Gasteiger partial charge on any atom is 0.251 e. The summed E-state index contributed by atoms with van der Waals surface area (Å²) in [6.07, 6.45) is 0.762. The molecule has 1 amide bonds. The van der Waals surface area contributed by atoms with E-state index in [0.29, 0.717) is 25.2 Å². The molecule has 0 heterocycles. The highest BCUT2D eigenvalue weighted by molar-refractivity contribution is 7.89. The number of carbonyl (C=O) groups excluding carboxylic acids is 1. The van der Waals surface area contributed by atoms with Crippen molar-refractivity contribution in [3.05, 3.63) is 64.2 Å². The second-order valence-corrected chi connectivity index (χ2v) is 8.93. The summed E-state index contributed by atoms with van der Waals surface area (Å²) in [4.78, 5) is 12.6. The lowest BCUT2D eigenvalue weighted by molar-refractivity contribution is 0.0954. The Morgan fingerprint density at radius 1 is 0.964 bits per heavy atom. The maximum absolute atomic E-state index is 12.5. The summed E-state index contributed by atoms with van der Waals surface area (Å²) in [5.41, 5.74) is 5.42. The Balaban J connectivity index is 2.02. The number of sulfonamides is 1. The summed E-state index contributed by atoms with van der Waals surface area (Å²) in [6.45, 7) is 11.2. The Hall–Kier alpha value is -2.18. The summed E-state index contributed by atoms with van der Waals surface area (Å²) >= 11 is 0. The summed E-state index contributed by atoms with van der Waals surface area (Å²) in [5, 5.41) is 2.92. The van der Waals surface area contributed by atoms with Crippen molar-refractivity contribution in [2.24, 2.45) is 0 Å². The topological polar surface area (TPSA) is 66.5 Å². The first-order valence-electron chi connectivity index (χ1n) is 9.65. The largest absolute Gasteiger partial charge is 0.352 e. The number of amides is 1. The van der Waals surface area contributed by atoms with Crippen LogP contribution < -0.4 is 5.32 Å². The highest BCUT2D eigenvalue weighted by Gasteiger charge is 2.21. The zero-order chi connectivity index (χ0) is 20.9. The van der Waals surface area contributed by atoms with E-state index in [1.165, 1.54) is 38.7 Å². The lowest BCUT2D eigenvalue weighted by Crippen LogP contribution is -2.30. The molecule has 5 nitrogen and oxygen atoms in total. The van der Waals surface area contributed by atoms with E-state index in [4.69, 9.17) is 0 Å². The Bertz CT molecular complexity index is 908. The lowest BCUT2D eigenvalue weighted by Gasteiger charge is -2.18. The fraction of sp³-hybridized carbons (Fsp3) is 0.409. The zero-order valence-electron chi connectivity index (χ0n) is 17.4. The molecule has 0 aliphatic rings. The molecule has 152 valence electrons. The summed E-state index contributed by atoms with van der Waals surface area (Å²) in [7, 11) is -3.51. The van der Waals surface area contributed by atoms with Crippen LogP contribution in [0.5, 0.6) is 0 Å². The Labute approximate surface area is 168 Å². The van der Waals surface area contributed by atoms with Gasteiger partial charge < -0.3 is 5.32 Å². The average Bonchev–Trinajstić information content (AvgIpc) is 2.64. The van der Waals surface area contributed by atoms with Gasteiger partial charge in [-0.2, -0.15) is 4.31 Å². The van der Waals surface area contributed by atoms with Crippen molar-refractivity contribution >= 4 is 15.9 Å². The molecule has 1 N–H and O–H groups in total. The van der Waals surface area contributed by atoms with Crippen LogP contribution in [0.3, 0.4) is 0 Å². The second-order valence-electron chi connectivity index (χ2n) is 7.00. The normalized spacial score (nSPS) is 11.6. The van der Waals surface area contributed by atoms with Crippen LogP contribution in [0.4, 0.5) is 0 Å². The van der Waals surface area contributed by atoms with E-state index in [1.807, 2.05) is 0 Å². The number of aryl methyl sites for hydroxylation is 3. The highest BCUT2D eigenvalue weighted by Crippen LogP contribution is 2.18. The molecule has 0 saturated heterocycles. The van der Waals surface area contributed by atoms with Crippen LogP contribution in [0.15, 0.2) is 41.3 Å². The van der Waals surface area contributed by atoms with E-state index >= 15 is 0 Å². The predicted molar refractivity (Wildman–Crippen MR) is 113 cm³/mol. The summed E-state index contributed by atoms with van der Waals surface area (Å²) in [5.74, 6) is -0.200. The Kier molecular flexibility index (Phi) is 7.38. The van der Waals surface area contributed by atoms with Gasteiger partial charge in [-0.3, -0.25) is 4.79 Å². The van der Waals surface area contributed by atoms with Gasteiger partial charge in [0.2, 0.25) is 10.0 Å². The minimum absolute atomic E-state index is 0.200. The van der Waals surface area contributed by atoms with E-state index in [2.05, 4.69) is 38.2 Å². The SMILES string of the molecule is CCN(CC)S(=O)(=O)c1ccc(C(=O)NCCc2c(C)cc(C)cc2C)cc1. The monoisotopic (exact) mass is 402 g/mol. The van der Waals surface area contributed by atoms with Crippen molar-refractivity contribution in [2.45, 2.75) is 45.9 Å². The van der Waals surface area contributed by atoms with Crippen LogP contribution in [0, 0.1) is 20.8 Å². The van der Waals surface area contributed by atoms with Crippen molar-refractivity contribution in [1.29, 1.82) is 0 Å². The average molecular weight is 403 g/mol. The molecule has 2 aromatic carbocycles. The van der Waals surface area contributed by atoms with Crippen LogP contribution in [0.25, 0.3) is 0 Å². The van der Waals surface area contributed by atoms with Crippen LogP contribution in [0.1, 0.15) is 46.5 Å². The molecule has 0 fully saturated rings. The van der Waals surface area contributed by atoms with Crippen LogP contribution in [0.2, 0.25) is 0 Å². The first-order valence-corrected chi connectivity index (χ1v) is 11.1. The number of benzene rings is 2. The third-order valence-corrected chi connectivity index (χ3v) is 7.02. The van der Waals surface area contributed by atoms with Crippen molar-refractivity contribution < 1.29 is 13.2 Å². The van der Waals surface area contributed by atoms with Crippen LogP contribution in [-0.4, -0.2) is 38.3 Å². The molecule has 2 rings (SSSR count). The molecule has 0 aliphatic carbocycles. The number of hydrogen-bond donors (Lipinski definition) is 1. The lowest BCUT2D eigenvalue weighted by atomic mass is 9.97. The van der Waals surface area contributed by atoms with Gasteiger partial charge in [-0.05, 0) is 68.1 Å². The van der Waals surface area contributed by atoms with E-state index in [0.717, 1.165) is 6.42 Å². The first-order chi connectivity index (χ1) is 13.2. The van der Waals surface area contributed by atoms with Crippen molar-refractivity contribution in [2.75, 3.05) is 19.6 Å². The molecule has 0 bridgehead atoms. The van der Waals surface area contributed by atoms with E-state index < -0.39 is 10.0 Å². The van der Waals surface area contributed by atoms with Crippen molar-refractivity contribution in [1.82, 2.24) is 9.62 Å². The number of rotatable bonds is 8. The molecular weight excluding hydrogens is 372 g/mol. The van der Waals surface area contributed by atoms with Gasteiger partial charge in [0.1, 0.15) is 0 Å². The third-order valence-electron chi connectivity index (χ3n) is 4.96. The Morgan fingerprint density at radius 2 is 1.50 bits per heavy atom. The molecule has 2 aromatic rings. The third kappa shape index (κ3) is 5.00. The maximum atomic E-state index is 12.5. The van der Waals surface area contributed by atoms with Crippen molar-refractivity contribution in [3.63, 3.8) is 0 Å². The number of nitrogens with zero attached hydrogens (tertiary/aromatic N) is 1. The van der Waals surface area contributed by atoms with Gasteiger partial charge in [-0.1, -0.05) is 31.5 Å². The minimum Gasteiger partial charge on any atom is -0.352 e. The zero-order valence-corrected chi connectivity index (χ0v) is 18.2. The fourth-order valence-corrected chi connectivity index (χ4v) is 4.96. The highest BCUT2D eigenvalue weighted by atomic mass is 32.2. The minimum atomic E-state index is -3.51. The Morgan fingerprint density at radius 3 is 2.00 bits per heavy atom. The van der Waals surface area contributed by atoms with Gasteiger partial charge >= 0.3 is 0 Å². The van der Waals surface area contributed by atoms with E-state index in [-0.39, 0.29) is 10.8 Å². The standard InChI is InChI=1S/C22H30N2O3S/c1-6-24(7-2)28(26,27)20-10-8-19(9-11-20)22(25)23-13-12-21-17(4)14-16(3)15-18(21)5/h8-11,14-15H,6-7,12-13H2,1-5H3,(H,23,25). The van der Waals surface area contributed by atoms with E-state index in [9.17, 15) is 13.2 Å². The first kappa shape index (κ1) is 22.1. The second kappa shape index (κ2) is 9.34. The molecule has 0 aromatic heterocycles. The summed E-state index contributed by atoms with van der Waals surface area (Å²) < 4.78 is 26.4. The van der Waals surface area contributed by atoms with Gasteiger partial charge in [-0.25, -0.2) is 8.42 Å². The van der Waals surface area contributed by atoms with Gasteiger partial charge in [0.05, 0.1) is 4.90 Å². The number of nitrogens with one attached hydrogen (secondary N) is 1. The summed E-state index contributed by atoms with van der Waals surface area (Å²) in [6, 6.07) is 10.4. The van der Waals surface area contributed by atoms with Crippen LogP contribution in [-0.2, 0) is 16.4 Å². The quantitative estimate of drug-likeness (QED) is 0.733. The number of hydrogen-bond acceptors (Lipinski definition) is 3. The molecule has 28 heavy (non-hydrogen) atoms. The number of carbonyl (C=O) groups is 1. The van der Waals surface area contributed by atoms with Crippen LogP contribution >= 0.6 is 0 Å². The molecule has 0 aliphatic heterocycles. The van der Waals surface area contributed by atoms with E-state index in [1.54, 1.807) is 26.0 Å². The van der Waals surface area contributed by atoms with Crippen molar-refractivity contribution in [3.8, 4) is 0 Å². The molecular formula is C22H30N2O3S. The smallest absolute Gasteiger partial charge is 0.251 e. The molecule has 6 heteroatoms. The van der Waals surface area contributed by atoms with Gasteiger partial charge in [0.15, 0.2) is 0 Å². The van der Waals surface area contributed by atoms with Gasteiger partial charge in [-0.15, -0.1) is 0 Å². The molecule has 0 spiro atoms. The molecule has 0 atom stereocenters. The van der Waals surface area contributed by atoms with Gasteiger partial charge in [0.25, 0.3) is 5.91 Å². The molecule has 0 radical (unpaired) electrons. The molecule has 0 saturated carbocycles. The molecule has 0 unspecified atom stereocenters.